The van der Waals surface area contributed by atoms with Crippen LogP contribution in [0.2, 0.25) is 0 Å². The van der Waals surface area contributed by atoms with Crippen LogP contribution in [0, 0.1) is 0 Å². The Morgan fingerprint density at radius 2 is 2.21 bits per heavy atom. The van der Waals surface area contributed by atoms with Crippen molar-refractivity contribution in [2.45, 2.75) is 6.42 Å². The summed E-state index contributed by atoms with van der Waals surface area (Å²) in [7, 11) is 3.42. The van der Waals surface area contributed by atoms with Crippen molar-refractivity contribution in [3.63, 3.8) is 0 Å². The third-order valence-corrected chi connectivity index (χ3v) is 3.21. The van der Waals surface area contributed by atoms with E-state index in [1.807, 2.05) is 12.1 Å². The van der Waals surface area contributed by atoms with Gasteiger partial charge in [-0.15, -0.1) is 0 Å². The third kappa shape index (κ3) is 1.87. The molecular weight excluding hydrogens is 242 g/mol. The summed E-state index contributed by atoms with van der Waals surface area (Å²) < 4.78 is 11.2. The van der Waals surface area contributed by atoms with Gasteiger partial charge in [-0.1, -0.05) is 12.1 Å². The quantitative estimate of drug-likeness (QED) is 0.912. The van der Waals surface area contributed by atoms with Gasteiger partial charge in [0.25, 0.3) is 0 Å². The zero-order valence-electron chi connectivity index (χ0n) is 10.9. The van der Waals surface area contributed by atoms with Crippen molar-refractivity contribution in [2.24, 2.45) is 0 Å². The third-order valence-electron chi connectivity index (χ3n) is 3.21. The van der Waals surface area contributed by atoms with E-state index in [1.165, 1.54) is 11.9 Å². The molecule has 19 heavy (non-hydrogen) atoms. The van der Waals surface area contributed by atoms with Crippen LogP contribution in [0.5, 0.6) is 11.5 Å². The highest BCUT2D eigenvalue weighted by Gasteiger charge is 2.21. The molecule has 0 saturated heterocycles. The van der Waals surface area contributed by atoms with Gasteiger partial charge in [0.15, 0.2) is 11.6 Å². The fourth-order valence-electron chi connectivity index (χ4n) is 2.34. The summed E-state index contributed by atoms with van der Waals surface area (Å²) in [6.45, 7) is 0.721. The fourth-order valence-corrected chi connectivity index (χ4v) is 2.34. The van der Waals surface area contributed by atoms with Crippen molar-refractivity contribution >= 4 is 5.82 Å². The van der Waals surface area contributed by atoms with Crippen molar-refractivity contribution < 1.29 is 9.47 Å². The Hall–Kier alpha value is -2.30. The number of para-hydroxylation sites is 1. The molecule has 0 fully saturated rings. The summed E-state index contributed by atoms with van der Waals surface area (Å²) in [4.78, 5) is 8.51. The number of ether oxygens (including phenoxy) is 2. The molecule has 1 aromatic carbocycles. The lowest BCUT2D eigenvalue weighted by atomic mass is 10.0. The molecule has 0 amide bonds. The molecule has 98 valence electrons. The number of hydrogen-bond acceptors (Lipinski definition) is 5. The van der Waals surface area contributed by atoms with E-state index in [2.05, 4.69) is 21.4 Å². The molecule has 2 heterocycles. The number of aromatic nitrogens is 2. The van der Waals surface area contributed by atoms with Gasteiger partial charge in [-0.25, -0.2) is 9.97 Å². The molecule has 1 aliphatic heterocycles. The van der Waals surface area contributed by atoms with Crippen molar-refractivity contribution in [1.82, 2.24) is 9.97 Å². The minimum atomic E-state index is 0.633. The molecular formula is C14H15N3O2. The van der Waals surface area contributed by atoms with Crippen LogP contribution in [0.4, 0.5) is 5.82 Å². The molecule has 1 N–H and O–H groups in total. The number of fused-ring (bicyclic) bond motifs is 1. The monoisotopic (exact) mass is 257 g/mol. The van der Waals surface area contributed by atoms with E-state index >= 15 is 0 Å². The van der Waals surface area contributed by atoms with Crippen LogP contribution < -0.4 is 14.8 Å². The molecule has 0 radical (unpaired) electrons. The first-order valence-electron chi connectivity index (χ1n) is 6.17. The summed E-state index contributed by atoms with van der Waals surface area (Å²) in [5.74, 6) is 2.21. The van der Waals surface area contributed by atoms with Gasteiger partial charge in [-0.05, 0) is 11.6 Å². The van der Waals surface area contributed by atoms with Crippen molar-refractivity contribution in [2.75, 3.05) is 26.1 Å². The van der Waals surface area contributed by atoms with Crippen molar-refractivity contribution in [1.29, 1.82) is 0 Å². The van der Waals surface area contributed by atoms with Crippen LogP contribution in [0.1, 0.15) is 5.56 Å². The molecule has 3 rings (SSSR count). The zero-order chi connectivity index (χ0) is 13.2. The van der Waals surface area contributed by atoms with E-state index < -0.39 is 0 Å². The van der Waals surface area contributed by atoms with E-state index in [0.29, 0.717) is 11.6 Å². The number of hydrogen-bond donors (Lipinski definition) is 1. The Morgan fingerprint density at radius 3 is 3.00 bits per heavy atom. The fraction of sp³-hybridized carbons (Fsp3) is 0.286. The lowest BCUT2D eigenvalue weighted by Gasteiger charge is -2.13. The summed E-state index contributed by atoms with van der Waals surface area (Å²) in [5.41, 5.74) is 2.91. The largest absolute Gasteiger partial charge is 0.492 e. The smallest absolute Gasteiger partial charge is 0.187 e. The predicted molar refractivity (Wildman–Crippen MR) is 72.8 cm³/mol. The lowest BCUT2D eigenvalue weighted by molar-refractivity contribution is 0.357. The first kappa shape index (κ1) is 11.8. The number of nitrogens with one attached hydrogen (secondary N) is 1. The zero-order valence-corrected chi connectivity index (χ0v) is 10.9. The van der Waals surface area contributed by atoms with Crippen LogP contribution in [-0.2, 0) is 6.42 Å². The van der Waals surface area contributed by atoms with Crippen LogP contribution in [-0.4, -0.2) is 30.7 Å². The second kappa shape index (κ2) is 4.76. The molecule has 0 aliphatic carbocycles. The average molecular weight is 257 g/mol. The lowest BCUT2D eigenvalue weighted by Crippen LogP contribution is -2.01. The molecule has 1 aromatic heterocycles. The van der Waals surface area contributed by atoms with Gasteiger partial charge in [0.1, 0.15) is 17.8 Å². The van der Waals surface area contributed by atoms with E-state index in [1.54, 1.807) is 14.2 Å². The molecule has 0 atom stereocenters. The van der Waals surface area contributed by atoms with Gasteiger partial charge < -0.3 is 14.8 Å². The number of nitrogens with zero attached hydrogens (tertiary/aromatic N) is 2. The minimum absolute atomic E-state index is 0.633. The molecule has 0 saturated carbocycles. The van der Waals surface area contributed by atoms with Gasteiger partial charge in [-0.2, -0.15) is 0 Å². The van der Waals surface area contributed by atoms with Gasteiger partial charge in [0, 0.05) is 19.0 Å². The normalized spacial score (nSPS) is 12.7. The average Bonchev–Trinajstić information content (AvgIpc) is 2.94. The second-order valence-electron chi connectivity index (χ2n) is 4.25. The van der Waals surface area contributed by atoms with Crippen LogP contribution >= 0.6 is 0 Å². The van der Waals surface area contributed by atoms with E-state index in [9.17, 15) is 0 Å². The topological polar surface area (TPSA) is 56.3 Å². The summed E-state index contributed by atoms with van der Waals surface area (Å²) in [6, 6.07) is 6.09. The number of anilines is 1. The Kier molecular flexibility index (Phi) is 2.95. The number of methoxy groups -OCH3 is 1. The Bertz CT molecular complexity index is 614. The molecule has 0 bridgehead atoms. The van der Waals surface area contributed by atoms with E-state index in [-0.39, 0.29) is 0 Å². The molecule has 2 aromatic rings. The second-order valence-corrected chi connectivity index (χ2v) is 4.25. The number of rotatable bonds is 3. The van der Waals surface area contributed by atoms with Crippen LogP contribution in [0.3, 0.4) is 0 Å². The highest BCUT2D eigenvalue weighted by Crippen LogP contribution is 2.41. The number of benzene rings is 1. The van der Waals surface area contributed by atoms with Crippen LogP contribution in [0.25, 0.3) is 11.3 Å². The first-order valence-corrected chi connectivity index (χ1v) is 6.17. The summed E-state index contributed by atoms with van der Waals surface area (Å²) >= 11 is 0. The van der Waals surface area contributed by atoms with Crippen molar-refractivity contribution in [3.05, 3.63) is 30.1 Å². The predicted octanol–water partition coefficient (Wildman–Crippen LogP) is 2.13. The maximum atomic E-state index is 5.72. The van der Waals surface area contributed by atoms with E-state index in [0.717, 1.165) is 30.0 Å². The summed E-state index contributed by atoms with van der Waals surface area (Å²) in [6.07, 6.45) is 2.47. The van der Waals surface area contributed by atoms with Crippen molar-refractivity contribution in [3.8, 4) is 22.8 Å². The molecule has 5 nitrogen and oxygen atoms in total. The molecule has 1 aliphatic rings. The van der Waals surface area contributed by atoms with Crippen LogP contribution in [0.15, 0.2) is 24.5 Å². The van der Waals surface area contributed by atoms with Gasteiger partial charge in [0.2, 0.25) is 0 Å². The Morgan fingerprint density at radius 1 is 1.32 bits per heavy atom. The standard InChI is InChI=1S/C14H15N3O2/c1-15-14-13(18-2)11(16-8-17-14)10-5-3-4-9-6-7-19-12(9)10/h3-5,8H,6-7H2,1-2H3,(H,15,16,17). The summed E-state index contributed by atoms with van der Waals surface area (Å²) in [5, 5.41) is 3.01. The van der Waals surface area contributed by atoms with Gasteiger partial charge >= 0.3 is 0 Å². The molecule has 0 spiro atoms. The van der Waals surface area contributed by atoms with Gasteiger partial charge in [-0.3, -0.25) is 0 Å². The highest BCUT2D eigenvalue weighted by molar-refractivity contribution is 5.78. The molecule has 0 unspecified atom stereocenters. The maximum absolute atomic E-state index is 5.72. The maximum Gasteiger partial charge on any atom is 0.187 e. The van der Waals surface area contributed by atoms with E-state index in [4.69, 9.17) is 9.47 Å². The SMILES string of the molecule is CNc1ncnc(-c2cccc3c2OCC3)c1OC. The molecule has 5 heteroatoms. The highest BCUT2D eigenvalue weighted by atomic mass is 16.5. The van der Waals surface area contributed by atoms with Gasteiger partial charge in [0.05, 0.1) is 13.7 Å². The minimum Gasteiger partial charge on any atom is -0.492 e. The Labute approximate surface area is 111 Å². The first-order chi connectivity index (χ1) is 9.35. The Balaban J connectivity index is 2.20.